The first-order chi connectivity index (χ1) is 9.93. The van der Waals surface area contributed by atoms with Gasteiger partial charge in [0.15, 0.2) is 0 Å². The van der Waals surface area contributed by atoms with Gasteiger partial charge in [0.2, 0.25) is 5.91 Å². The Labute approximate surface area is 126 Å². The molecule has 5 heteroatoms. The second-order valence-electron chi connectivity index (χ2n) is 5.69. The molecule has 1 aromatic carbocycles. The number of nitrogens with one attached hydrogen (secondary N) is 1. The maximum atomic E-state index is 13.5. The summed E-state index contributed by atoms with van der Waals surface area (Å²) < 4.78 is 13.5. The summed E-state index contributed by atoms with van der Waals surface area (Å²) in [6, 6.07) is 4.67. The Balaban J connectivity index is 3.01. The zero-order valence-corrected chi connectivity index (χ0v) is 13.2. The van der Waals surface area contributed by atoms with Gasteiger partial charge in [-0.05, 0) is 42.6 Å². The highest BCUT2D eigenvalue weighted by molar-refractivity contribution is 5.80. The Bertz CT molecular complexity index is 463. The van der Waals surface area contributed by atoms with E-state index in [1.807, 2.05) is 4.90 Å². The van der Waals surface area contributed by atoms with E-state index in [0.29, 0.717) is 19.0 Å². The average Bonchev–Trinajstić information content (AvgIpc) is 2.37. The van der Waals surface area contributed by atoms with Crippen molar-refractivity contribution in [3.05, 3.63) is 29.6 Å². The van der Waals surface area contributed by atoms with E-state index in [0.717, 1.165) is 24.2 Å². The highest BCUT2D eigenvalue weighted by Crippen LogP contribution is 2.22. The minimum atomic E-state index is -0.382. The Kier molecular flexibility index (Phi) is 7.15. The number of rotatable bonds is 9. The van der Waals surface area contributed by atoms with Gasteiger partial charge in [-0.2, -0.15) is 0 Å². The van der Waals surface area contributed by atoms with Gasteiger partial charge < -0.3 is 16.0 Å². The van der Waals surface area contributed by atoms with Crippen molar-refractivity contribution in [3.8, 4) is 0 Å². The molecule has 21 heavy (non-hydrogen) atoms. The van der Waals surface area contributed by atoms with Crippen LogP contribution in [-0.4, -0.2) is 25.5 Å². The molecule has 0 aliphatic carbocycles. The number of carbonyl (C=O) groups is 1. The van der Waals surface area contributed by atoms with E-state index in [1.54, 1.807) is 6.07 Å². The Morgan fingerprint density at radius 1 is 1.43 bits per heavy atom. The van der Waals surface area contributed by atoms with Gasteiger partial charge in [-0.15, -0.1) is 0 Å². The summed E-state index contributed by atoms with van der Waals surface area (Å²) in [4.78, 5) is 13.2. The molecule has 0 spiro atoms. The number of primary amides is 1. The van der Waals surface area contributed by atoms with Crippen molar-refractivity contribution in [2.24, 2.45) is 11.7 Å². The van der Waals surface area contributed by atoms with Crippen molar-refractivity contribution in [3.63, 3.8) is 0 Å². The third-order valence-electron chi connectivity index (χ3n) is 3.06. The first-order valence-electron chi connectivity index (χ1n) is 7.46. The molecule has 0 heterocycles. The normalized spacial score (nSPS) is 10.9. The van der Waals surface area contributed by atoms with Crippen LogP contribution in [0.4, 0.5) is 10.1 Å². The summed E-state index contributed by atoms with van der Waals surface area (Å²) in [5.41, 5.74) is 7.06. The fourth-order valence-electron chi connectivity index (χ4n) is 2.28. The van der Waals surface area contributed by atoms with E-state index in [9.17, 15) is 9.18 Å². The van der Waals surface area contributed by atoms with Crippen LogP contribution in [0.25, 0.3) is 0 Å². The molecule has 0 aliphatic rings. The van der Waals surface area contributed by atoms with Crippen LogP contribution in [0.5, 0.6) is 0 Å². The van der Waals surface area contributed by atoms with Crippen molar-refractivity contribution >= 4 is 11.6 Å². The van der Waals surface area contributed by atoms with E-state index in [2.05, 4.69) is 26.1 Å². The molecule has 0 saturated heterocycles. The molecule has 1 aromatic rings. The average molecular weight is 295 g/mol. The number of halogens is 1. The van der Waals surface area contributed by atoms with Crippen LogP contribution in [-0.2, 0) is 11.3 Å². The predicted octanol–water partition coefficient (Wildman–Crippen LogP) is 2.27. The van der Waals surface area contributed by atoms with Crippen molar-refractivity contribution in [2.45, 2.75) is 33.7 Å². The van der Waals surface area contributed by atoms with Crippen LogP contribution in [0.1, 0.15) is 32.8 Å². The number of amides is 1. The van der Waals surface area contributed by atoms with Gasteiger partial charge in [0.05, 0.1) is 6.54 Å². The van der Waals surface area contributed by atoms with Gasteiger partial charge in [-0.1, -0.05) is 20.8 Å². The lowest BCUT2D eigenvalue weighted by Crippen LogP contribution is -2.37. The zero-order chi connectivity index (χ0) is 15.8. The van der Waals surface area contributed by atoms with Crippen LogP contribution in [0.15, 0.2) is 18.2 Å². The molecular formula is C16H26FN3O. The number of hydrogen-bond acceptors (Lipinski definition) is 3. The van der Waals surface area contributed by atoms with E-state index < -0.39 is 0 Å². The summed E-state index contributed by atoms with van der Waals surface area (Å²) in [6.07, 6.45) is 1.02. The molecule has 0 atom stereocenters. The quantitative estimate of drug-likeness (QED) is 0.687. The molecule has 0 unspecified atom stereocenters. The molecule has 4 nitrogen and oxygen atoms in total. The number of nitrogens with two attached hydrogens (primary N) is 1. The van der Waals surface area contributed by atoms with Crippen LogP contribution in [0, 0.1) is 11.7 Å². The second kappa shape index (κ2) is 8.62. The lowest BCUT2D eigenvalue weighted by molar-refractivity contribution is -0.116. The SMILES string of the molecule is CCCNCc1cc(F)ccc1N(CC(N)=O)CC(C)C. The lowest BCUT2D eigenvalue weighted by atomic mass is 10.1. The van der Waals surface area contributed by atoms with E-state index in [4.69, 9.17) is 5.73 Å². The van der Waals surface area contributed by atoms with E-state index in [1.165, 1.54) is 12.1 Å². The first kappa shape index (κ1) is 17.4. The molecule has 0 radical (unpaired) electrons. The number of nitrogens with zero attached hydrogens (tertiary/aromatic N) is 1. The number of anilines is 1. The molecule has 1 rings (SSSR count). The minimum absolute atomic E-state index is 0.143. The molecular weight excluding hydrogens is 269 g/mol. The smallest absolute Gasteiger partial charge is 0.236 e. The largest absolute Gasteiger partial charge is 0.368 e. The molecule has 0 aromatic heterocycles. The maximum absolute atomic E-state index is 13.5. The highest BCUT2D eigenvalue weighted by Gasteiger charge is 2.15. The van der Waals surface area contributed by atoms with E-state index >= 15 is 0 Å². The van der Waals surface area contributed by atoms with E-state index in [-0.39, 0.29) is 18.3 Å². The molecule has 0 saturated carbocycles. The van der Waals surface area contributed by atoms with Crippen LogP contribution < -0.4 is 16.0 Å². The monoisotopic (exact) mass is 295 g/mol. The molecule has 118 valence electrons. The molecule has 0 bridgehead atoms. The standard InChI is InChI=1S/C16H26FN3O/c1-4-7-19-9-13-8-14(17)5-6-15(13)20(10-12(2)3)11-16(18)21/h5-6,8,12,19H,4,7,9-11H2,1-3H3,(H2,18,21). The van der Waals surface area contributed by atoms with Gasteiger partial charge in [-0.3, -0.25) is 4.79 Å². The third kappa shape index (κ3) is 6.12. The zero-order valence-electron chi connectivity index (χ0n) is 13.2. The summed E-state index contributed by atoms with van der Waals surface area (Å²) >= 11 is 0. The van der Waals surface area contributed by atoms with Gasteiger partial charge >= 0.3 is 0 Å². The highest BCUT2D eigenvalue weighted by atomic mass is 19.1. The Morgan fingerprint density at radius 2 is 2.14 bits per heavy atom. The summed E-state index contributed by atoms with van der Waals surface area (Å²) in [5, 5.41) is 3.27. The van der Waals surface area contributed by atoms with Crippen molar-refractivity contribution in [2.75, 3.05) is 24.5 Å². The molecule has 0 aliphatic heterocycles. The summed E-state index contributed by atoms with van der Waals surface area (Å²) in [7, 11) is 0. The topological polar surface area (TPSA) is 58.4 Å². The fourth-order valence-corrected chi connectivity index (χ4v) is 2.28. The Morgan fingerprint density at radius 3 is 2.71 bits per heavy atom. The molecule has 0 fully saturated rings. The maximum Gasteiger partial charge on any atom is 0.236 e. The first-order valence-corrected chi connectivity index (χ1v) is 7.46. The lowest BCUT2D eigenvalue weighted by Gasteiger charge is -2.27. The fraction of sp³-hybridized carbons (Fsp3) is 0.562. The molecule has 3 N–H and O–H groups in total. The van der Waals surface area contributed by atoms with Crippen LogP contribution in [0.2, 0.25) is 0 Å². The van der Waals surface area contributed by atoms with Gasteiger partial charge in [0.25, 0.3) is 0 Å². The Hall–Kier alpha value is -1.62. The molecule has 1 amide bonds. The van der Waals surface area contributed by atoms with Gasteiger partial charge in [0, 0.05) is 18.8 Å². The summed E-state index contributed by atoms with van der Waals surface area (Å²) in [6.45, 7) is 8.53. The van der Waals surface area contributed by atoms with Crippen LogP contribution in [0.3, 0.4) is 0 Å². The van der Waals surface area contributed by atoms with Gasteiger partial charge in [0.1, 0.15) is 5.82 Å². The number of carbonyl (C=O) groups excluding carboxylic acids is 1. The number of hydrogen-bond donors (Lipinski definition) is 2. The van der Waals surface area contributed by atoms with Crippen molar-refractivity contribution in [1.82, 2.24) is 5.32 Å². The summed E-state index contributed by atoms with van der Waals surface area (Å²) in [5.74, 6) is -0.270. The van der Waals surface area contributed by atoms with Crippen LogP contribution >= 0.6 is 0 Å². The second-order valence-corrected chi connectivity index (χ2v) is 5.69. The predicted molar refractivity (Wildman–Crippen MR) is 84.6 cm³/mol. The number of benzene rings is 1. The van der Waals surface area contributed by atoms with Crippen molar-refractivity contribution < 1.29 is 9.18 Å². The van der Waals surface area contributed by atoms with Gasteiger partial charge in [-0.25, -0.2) is 4.39 Å². The minimum Gasteiger partial charge on any atom is -0.368 e. The third-order valence-corrected chi connectivity index (χ3v) is 3.06. The van der Waals surface area contributed by atoms with Crippen molar-refractivity contribution in [1.29, 1.82) is 0 Å².